The van der Waals surface area contributed by atoms with E-state index in [1.165, 1.54) is 24.5 Å². The van der Waals surface area contributed by atoms with Crippen LogP contribution in [0.25, 0.3) is 0 Å². The van der Waals surface area contributed by atoms with E-state index in [9.17, 15) is 13.2 Å². The Morgan fingerprint density at radius 2 is 1.47 bits per heavy atom. The van der Waals surface area contributed by atoms with Gasteiger partial charge in [-0.15, -0.1) is 0 Å². The first kappa shape index (κ1) is 23.7. The van der Waals surface area contributed by atoms with Crippen molar-refractivity contribution in [1.82, 2.24) is 15.3 Å². The highest BCUT2D eigenvalue weighted by Crippen LogP contribution is 2.29. The molecule has 0 aliphatic rings. The van der Waals surface area contributed by atoms with Gasteiger partial charge in [-0.3, -0.25) is 4.79 Å². The second-order valence-corrected chi connectivity index (χ2v) is 9.32. The fourth-order valence-corrected chi connectivity index (χ4v) is 4.70. The molecule has 0 unspecified atom stereocenters. The molecule has 2 aromatic carbocycles. The van der Waals surface area contributed by atoms with E-state index in [1.807, 2.05) is 0 Å². The molecule has 0 bridgehead atoms. The standard InChI is InChI=1S/C23H26N4O3S2/c28-22(24-15-9-1-2-10-16-31)19-17-25-23(26-18-19)27(20-11-5-3-6-12-20)32(29,30)21-13-7-4-8-14-21/h3-8,11-14,17-18,31H,1-2,9-10,15-16H2,(H,24,28). The summed E-state index contributed by atoms with van der Waals surface area (Å²) in [4.78, 5) is 20.9. The molecule has 0 fully saturated rings. The summed E-state index contributed by atoms with van der Waals surface area (Å²) in [5.74, 6) is 0.544. The summed E-state index contributed by atoms with van der Waals surface area (Å²) in [5, 5.41) is 2.84. The van der Waals surface area contributed by atoms with Crippen LogP contribution >= 0.6 is 12.6 Å². The summed E-state index contributed by atoms with van der Waals surface area (Å²) in [6.07, 6.45) is 6.75. The van der Waals surface area contributed by atoms with Crippen molar-refractivity contribution >= 4 is 40.2 Å². The molecule has 32 heavy (non-hydrogen) atoms. The quantitative estimate of drug-likeness (QED) is 0.323. The van der Waals surface area contributed by atoms with Gasteiger partial charge in [0.1, 0.15) is 0 Å². The predicted octanol–water partition coefficient (Wildman–Crippen LogP) is 4.22. The summed E-state index contributed by atoms with van der Waals surface area (Å²) in [6, 6.07) is 16.7. The number of anilines is 2. The van der Waals surface area contributed by atoms with Crippen LogP contribution in [0.4, 0.5) is 11.6 Å². The molecule has 1 amide bonds. The molecule has 7 nitrogen and oxygen atoms in total. The Morgan fingerprint density at radius 1 is 0.875 bits per heavy atom. The summed E-state index contributed by atoms with van der Waals surface area (Å²) in [6.45, 7) is 0.561. The van der Waals surface area contributed by atoms with Gasteiger partial charge in [0, 0.05) is 18.9 Å². The zero-order chi connectivity index (χ0) is 22.8. The number of sulfonamides is 1. The van der Waals surface area contributed by atoms with Crippen LogP contribution in [0.3, 0.4) is 0 Å². The van der Waals surface area contributed by atoms with Crippen LogP contribution < -0.4 is 9.62 Å². The average Bonchev–Trinajstić information content (AvgIpc) is 2.83. The van der Waals surface area contributed by atoms with E-state index >= 15 is 0 Å². The Labute approximate surface area is 194 Å². The topological polar surface area (TPSA) is 92.3 Å². The van der Waals surface area contributed by atoms with Crippen molar-refractivity contribution < 1.29 is 13.2 Å². The first-order valence-corrected chi connectivity index (χ1v) is 12.5. The molecule has 1 heterocycles. The Bertz CT molecular complexity index is 1090. The Balaban J connectivity index is 1.79. The third kappa shape index (κ3) is 6.08. The molecule has 3 aromatic rings. The molecule has 0 saturated carbocycles. The fourth-order valence-electron chi connectivity index (χ4n) is 3.06. The zero-order valence-corrected chi connectivity index (χ0v) is 19.3. The number of unbranched alkanes of at least 4 members (excludes halogenated alkanes) is 3. The molecule has 1 N–H and O–H groups in total. The average molecular weight is 471 g/mol. The molecular weight excluding hydrogens is 444 g/mol. The first-order chi connectivity index (χ1) is 15.5. The van der Waals surface area contributed by atoms with Gasteiger partial charge in [0.15, 0.2) is 0 Å². The summed E-state index contributed by atoms with van der Waals surface area (Å²) in [5.41, 5.74) is 0.670. The second kappa shape index (κ2) is 11.6. The fraction of sp³-hybridized carbons (Fsp3) is 0.261. The molecule has 0 aliphatic heterocycles. The minimum absolute atomic E-state index is 0.0386. The molecule has 9 heteroatoms. The number of hydrogen-bond acceptors (Lipinski definition) is 6. The van der Waals surface area contributed by atoms with Crippen LogP contribution in [0.2, 0.25) is 0 Å². The number of para-hydroxylation sites is 1. The third-order valence-electron chi connectivity index (χ3n) is 4.72. The van der Waals surface area contributed by atoms with Crippen LogP contribution in [-0.4, -0.2) is 36.6 Å². The van der Waals surface area contributed by atoms with Gasteiger partial charge in [0.05, 0.1) is 16.1 Å². The third-order valence-corrected chi connectivity index (χ3v) is 6.76. The highest BCUT2D eigenvalue weighted by Gasteiger charge is 2.28. The van der Waals surface area contributed by atoms with Crippen LogP contribution in [0.1, 0.15) is 36.0 Å². The van der Waals surface area contributed by atoms with Crippen molar-refractivity contribution in [1.29, 1.82) is 0 Å². The number of benzene rings is 2. The molecule has 0 radical (unpaired) electrons. The lowest BCUT2D eigenvalue weighted by atomic mass is 10.2. The normalized spacial score (nSPS) is 11.2. The number of rotatable bonds is 11. The number of nitrogens with one attached hydrogen (secondary N) is 1. The predicted molar refractivity (Wildman–Crippen MR) is 129 cm³/mol. The number of carbonyl (C=O) groups excluding carboxylic acids is 1. The van der Waals surface area contributed by atoms with E-state index < -0.39 is 10.0 Å². The smallest absolute Gasteiger partial charge is 0.271 e. The van der Waals surface area contributed by atoms with E-state index in [0.717, 1.165) is 35.7 Å². The van der Waals surface area contributed by atoms with Gasteiger partial charge in [0.2, 0.25) is 5.95 Å². The summed E-state index contributed by atoms with van der Waals surface area (Å²) >= 11 is 4.19. The molecule has 0 saturated heterocycles. The van der Waals surface area contributed by atoms with E-state index in [0.29, 0.717) is 12.2 Å². The number of aromatic nitrogens is 2. The minimum atomic E-state index is -3.96. The van der Waals surface area contributed by atoms with E-state index in [4.69, 9.17) is 0 Å². The number of carbonyl (C=O) groups is 1. The lowest BCUT2D eigenvalue weighted by Crippen LogP contribution is -2.29. The van der Waals surface area contributed by atoms with Gasteiger partial charge in [-0.05, 0) is 42.9 Å². The second-order valence-electron chi connectivity index (χ2n) is 7.08. The molecule has 0 aliphatic carbocycles. The monoisotopic (exact) mass is 470 g/mol. The maximum absolute atomic E-state index is 13.4. The highest BCUT2D eigenvalue weighted by molar-refractivity contribution is 7.93. The maximum atomic E-state index is 13.4. The van der Waals surface area contributed by atoms with Gasteiger partial charge < -0.3 is 5.32 Å². The number of hydrogen-bond donors (Lipinski definition) is 2. The maximum Gasteiger partial charge on any atom is 0.271 e. The van der Waals surface area contributed by atoms with Crippen LogP contribution in [0, 0.1) is 0 Å². The van der Waals surface area contributed by atoms with Crippen molar-refractivity contribution in [2.75, 3.05) is 16.6 Å². The molecule has 3 rings (SSSR count). The Hall–Kier alpha value is -2.91. The summed E-state index contributed by atoms with van der Waals surface area (Å²) < 4.78 is 27.8. The van der Waals surface area contributed by atoms with Crippen LogP contribution in [0.5, 0.6) is 0 Å². The molecule has 0 spiro atoms. The van der Waals surface area contributed by atoms with Gasteiger partial charge in [0.25, 0.3) is 15.9 Å². The number of amides is 1. The first-order valence-electron chi connectivity index (χ1n) is 10.4. The van der Waals surface area contributed by atoms with E-state index in [1.54, 1.807) is 48.5 Å². The lowest BCUT2D eigenvalue weighted by Gasteiger charge is -2.22. The highest BCUT2D eigenvalue weighted by atomic mass is 32.2. The van der Waals surface area contributed by atoms with Gasteiger partial charge >= 0.3 is 0 Å². The van der Waals surface area contributed by atoms with Crippen LogP contribution in [0.15, 0.2) is 78.0 Å². The van der Waals surface area contributed by atoms with Crippen molar-refractivity contribution in [3.63, 3.8) is 0 Å². The van der Waals surface area contributed by atoms with E-state index in [-0.39, 0.29) is 22.3 Å². The number of thiol groups is 1. The number of nitrogens with zero attached hydrogens (tertiary/aromatic N) is 3. The van der Waals surface area contributed by atoms with Crippen molar-refractivity contribution in [2.45, 2.75) is 30.6 Å². The van der Waals surface area contributed by atoms with E-state index in [2.05, 4.69) is 27.9 Å². The minimum Gasteiger partial charge on any atom is -0.352 e. The van der Waals surface area contributed by atoms with Crippen LogP contribution in [-0.2, 0) is 10.0 Å². The van der Waals surface area contributed by atoms with Crippen molar-refractivity contribution in [3.05, 3.63) is 78.6 Å². The SMILES string of the molecule is O=C(NCCCCCCS)c1cnc(N(c2ccccc2)S(=O)(=O)c2ccccc2)nc1. The summed E-state index contributed by atoms with van der Waals surface area (Å²) in [7, 11) is -3.96. The Kier molecular flexibility index (Phi) is 8.64. The molecule has 168 valence electrons. The molecule has 1 aromatic heterocycles. The van der Waals surface area contributed by atoms with Gasteiger partial charge in [-0.25, -0.2) is 22.7 Å². The zero-order valence-electron chi connectivity index (χ0n) is 17.6. The largest absolute Gasteiger partial charge is 0.352 e. The van der Waals surface area contributed by atoms with Crippen molar-refractivity contribution in [3.8, 4) is 0 Å². The molecular formula is C23H26N4O3S2. The molecule has 0 atom stereocenters. The van der Waals surface area contributed by atoms with Gasteiger partial charge in [-0.1, -0.05) is 49.2 Å². The Morgan fingerprint density at radius 3 is 2.09 bits per heavy atom. The van der Waals surface area contributed by atoms with Crippen molar-refractivity contribution in [2.24, 2.45) is 0 Å². The van der Waals surface area contributed by atoms with Gasteiger partial charge in [-0.2, -0.15) is 12.6 Å². The lowest BCUT2D eigenvalue weighted by molar-refractivity contribution is 0.0952.